The topological polar surface area (TPSA) is 20.3 Å². The predicted octanol–water partition coefficient (Wildman–Crippen LogP) is 4.10. The third kappa shape index (κ3) is 3.40. The van der Waals surface area contributed by atoms with Crippen LogP contribution in [0.4, 0.5) is 0 Å². The number of hydrogen-bond acceptors (Lipinski definition) is 2. The highest BCUT2D eigenvalue weighted by atomic mass is 16.1. The molecule has 1 atom stereocenters. The highest BCUT2D eigenvalue weighted by Gasteiger charge is 2.25. The summed E-state index contributed by atoms with van der Waals surface area (Å²) in [5.41, 5.74) is 2.07. The number of benzene rings is 2. The molecule has 1 aliphatic heterocycles. The van der Waals surface area contributed by atoms with Gasteiger partial charge in [-0.2, -0.15) is 0 Å². The van der Waals surface area contributed by atoms with Crippen molar-refractivity contribution in [1.82, 2.24) is 4.90 Å². The van der Waals surface area contributed by atoms with Crippen LogP contribution in [0.3, 0.4) is 0 Å². The van der Waals surface area contributed by atoms with Crippen molar-refractivity contribution in [3.05, 3.63) is 71.8 Å². The molecule has 0 unspecified atom stereocenters. The molecule has 0 N–H and O–H groups in total. The monoisotopic (exact) mass is 279 g/mol. The number of carbonyl (C=O) groups is 1. The molecular formula is C19H21NO. The zero-order valence-corrected chi connectivity index (χ0v) is 12.2. The van der Waals surface area contributed by atoms with Crippen molar-refractivity contribution in [2.45, 2.75) is 25.3 Å². The van der Waals surface area contributed by atoms with Gasteiger partial charge in [0.1, 0.15) is 0 Å². The summed E-state index contributed by atoms with van der Waals surface area (Å²) in [5.74, 6) is 0.233. The fourth-order valence-corrected chi connectivity index (χ4v) is 3.10. The first-order chi connectivity index (χ1) is 10.3. The Morgan fingerprint density at radius 2 is 1.48 bits per heavy atom. The Kier molecular flexibility index (Phi) is 4.46. The molecule has 1 fully saturated rings. The summed E-state index contributed by atoms with van der Waals surface area (Å²) in [6, 6.07) is 20.3. The van der Waals surface area contributed by atoms with E-state index < -0.39 is 0 Å². The molecule has 1 heterocycles. The van der Waals surface area contributed by atoms with Crippen LogP contribution in [0, 0.1) is 0 Å². The molecule has 0 saturated carbocycles. The van der Waals surface area contributed by atoms with Crippen LogP contribution < -0.4 is 0 Å². The van der Waals surface area contributed by atoms with Gasteiger partial charge in [-0.3, -0.25) is 9.69 Å². The second-order valence-electron chi connectivity index (χ2n) is 5.66. The minimum absolute atomic E-state index is 0.210. The standard InChI is InChI=1S/C19H21NO/c21-19(17-11-5-2-6-12-17)15-18(20-13-7-8-14-20)16-9-3-1-4-10-16/h1-6,9-12,18H,7-8,13-15H2/t18-/m0/s1. The van der Waals surface area contributed by atoms with Crippen molar-refractivity contribution in [1.29, 1.82) is 0 Å². The van der Waals surface area contributed by atoms with Crippen LogP contribution >= 0.6 is 0 Å². The number of rotatable bonds is 5. The summed E-state index contributed by atoms with van der Waals surface area (Å²) >= 11 is 0. The first kappa shape index (κ1) is 14.0. The molecule has 2 aromatic carbocycles. The Balaban J connectivity index is 1.81. The molecule has 108 valence electrons. The summed E-state index contributed by atoms with van der Waals surface area (Å²) in [7, 11) is 0. The predicted molar refractivity (Wildman–Crippen MR) is 85.4 cm³/mol. The molecule has 0 spiro atoms. The molecule has 0 radical (unpaired) electrons. The Hall–Kier alpha value is -1.93. The summed E-state index contributed by atoms with van der Waals surface area (Å²) in [4.78, 5) is 15.0. The van der Waals surface area contributed by atoms with E-state index in [1.807, 2.05) is 36.4 Å². The van der Waals surface area contributed by atoms with Gasteiger partial charge in [0.2, 0.25) is 0 Å². The van der Waals surface area contributed by atoms with Gasteiger partial charge >= 0.3 is 0 Å². The van der Waals surface area contributed by atoms with Gasteiger partial charge in [0.15, 0.2) is 5.78 Å². The number of Topliss-reactive ketones (excluding diaryl/α,β-unsaturated/α-hetero) is 1. The molecule has 0 aromatic heterocycles. The van der Waals surface area contributed by atoms with Gasteiger partial charge < -0.3 is 0 Å². The number of ketones is 1. The number of nitrogens with zero attached hydrogens (tertiary/aromatic N) is 1. The van der Waals surface area contributed by atoms with Crippen molar-refractivity contribution in [3.8, 4) is 0 Å². The molecule has 2 heteroatoms. The van der Waals surface area contributed by atoms with E-state index >= 15 is 0 Å². The molecule has 1 saturated heterocycles. The van der Waals surface area contributed by atoms with Gasteiger partial charge in [0, 0.05) is 18.0 Å². The summed E-state index contributed by atoms with van der Waals surface area (Å²) < 4.78 is 0. The first-order valence-corrected chi connectivity index (χ1v) is 7.72. The average Bonchev–Trinajstić information content (AvgIpc) is 3.08. The van der Waals surface area contributed by atoms with Gasteiger partial charge in [-0.1, -0.05) is 60.7 Å². The molecular weight excluding hydrogens is 258 g/mol. The van der Waals surface area contributed by atoms with Gasteiger partial charge in [-0.05, 0) is 31.5 Å². The van der Waals surface area contributed by atoms with Crippen LogP contribution in [-0.4, -0.2) is 23.8 Å². The van der Waals surface area contributed by atoms with E-state index in [9.17, 15) is 4.79 Å². The third-order valence-electron chi connectivity index (χ3n) is 4.24. The summed E-state index contributed by atoms with van der Waals surface area (Å²) in [5, 5.41) is 0. The lowest BCUT2D eigenvalue weighted by atomic mass is 9.97. The normalized spacial score (nSPS) is 16.8. The van der Waals surface area contributed by atoms with Crippen molar-refractivity contribution >= 4 is 5.78 Å². The van der Waals surface area contributed by atoms with E-state index in [4.69, 9.17) is 0 Å². The van der Waals surface area contributed by atoms with Crippen molar-refractivity contribution in [3.63, 3.8) is 0 Å². The van der Waals surface area contributed by atoms with Crippen LogP contribution in [0.25, 0.3) is 0 Å². The molecule has 1 aliphatic rings. The zero-order chi connectivity index (χ0) is 14.5. The van der Waals surface area contributed by atoms with Gasteiger partial charge in [-0.25, -0.2) is 0 Å². The number of carbonyl (C=O) groups excluding carboxylic acids is 1. The van der Waals surface area contributed by atoms with E-state index in [2.05, 4.69) is 29.2 Å². The average molecular weight is 279 g/mol. The van der Waals surface area contributed by atoms with Crippen molar-refractivity contribution < 1.29 is 4.79 Å². The smallest absolute Gasteiger partial charge is 0.164 e. The largest absolute Gasteiger partial charge is 0.296 e. The molecule has 2 aromatic rings. The Labute approximate surface area is 126 Å². The molecule has 0 aliphatic carbocycles. The first-order valence-electron chi connectivity index (χ1n) is 7.72. The second-order valence-corrected chi connectivity index (χ2v) is 5.66. The lowest BCUT2D eigenvalue weighted by Gasteiger charge is -2.27. The van der Waals surface area contributed by atoms with Crippen molar-refractivity contribution in [2.75, 3.05) is 13.1 Å². The van der Waals surface area contributed by atoms with Gasteiger partial charge in [0.05, 0.1) is 0 Å². The number of likely N-dealkylation sites (tertiary alicyclic amines) is 1. The molecule has 0 amide bonds. The lowest BCUT2D eigenvalue weighted by molar-refractivity contribution is 0.0932. The fraction of sp³-hybridized carbons (Fsp3) is 0.316. The van der Waals surface area contributed by atoms with Crippen LogP contribution in [0.2, 0.25) is 0 Å². The minimum atomic E-state index is 0.210. The maximum Gasteiger partial charge on any atom is 0.164 e. The summed E-state index contributed by atoms with van der Waals surface area (Å²) in [6.07, 6.45) is 3.04. The third-order valence-corrected chi connectivity index (χ3v) is 4.24. The van der Waals surface area contributed by atoms with Crippen LogP contribution in [0.15, 0.2) is 60.7 Å². The van der Waals surface area contributed by atoms with Gasteiger partial charge in [0.25, 0.3) is 0 Å². The number of hydrogen-bond donors (Lipinski definition) is 0. The zero-order valence-electron chi connectivity index (χ0n) is 12.2. The minimum Gasteiger partial charge on any atom is -0.296 e. The van der Waals surface area contributed by atoms with Crippen LogP contribution in [0.1, 0.15) is 41.2 Å². The van der Waals surface area contributed by atoms with E-state index in [-0.39, 0.29) is 11.8 Å². The molecule has 3 rings (SSSR count). The van der Waals surface area contributed by atoms with Crippen LogP contribution in [-0.2, 0) is 0 Å². The van der Waals surface area contributed by atoms with Crippen molar-refractivity contribution in [2.24, 2.45) is 0 Å². The SMILES string of the molecule is O=C(C[C@@H](c1ccccc1)N1CCCC1)c1ccccc1. The van der Waals surface area contributed by atoms with E-state index in [1.54, 1.807) is 0 Å². The highest BCUT2D eigenvalue weighted by Crippen LogP contribution is 2.29. The lowest BCUT2D eigenvalue weighted by Crippen LogP contribution is -2.27. The Bertz CT molecular complexity index is 573. The van der Waals surface area contributed by atoms with E-state index in [0.29, 0.717) is 6.42 Å². The summed E-state index contributed by atoms with van der Waals surface area (Å²) in [6.45, 7) is 2.20. The van der Waals surface area contributed by atoms with Gasteiger partial charge in [-0.15, -0.1) is 0 Å². The molecule has 0 bridgehead atoms. The Morgan fingerprint density at radius 1 is 0.905 bits per heavy atom. The molecule has 2 nitrogen and oxygen atoms in total. The highest BCUT2D eigenvalue weighted by molar-refractivity contribution is 5.96. The van der Waals surface area contributed by atoms with E-state index in [0.717, 1.165) is 18.7 Å². The maximum absolute atomic E-state index is 12.6. The quantitative estimate of drug-likeness (QED) is 0.768. The fourth-order valence-electron chi connectivity index (χ4n) is 3.10. The Morgan fingerprint density at radius 3 is 2.10 bits per heavy atom. The molecule has 21 heavy (non-hydrogen) atoms. The second kappa shape index (κ2) is 6.68. The van der Waals surface area contributed by atoms with Crippen LogP contribution in [0.5, 0.6) is 0 Å². The maximum atomic E-state index is 12.6. The van der Waals surface area contributed by atoms with E-state index in [1.165, 1.54) is 18.4 Å².